The minimum absolute atomic E-state index is 0.0354. The summed E-state index contributed by atoms with van der Waals surface area (Å²) in [6.07, 6.45) is 0.845. The predicted octanol–water partition coefficient (Wildman–Crippen LogP) is 2.57. The number of aromatic amines is 1. The van der Waals surface area contributed by atoms with Crippen LogP contribution < -0.4 is 0 Å². The molecule has 5 nitrogen and oxygen atoms in total. The molecule has 1 saturated heterocycles. The molecule has 8 heteroatoms. The fourth-order valence-electron chi connectivity index (χ4n) is 3.76. The lowest BCUT2D eigenvalue weighted by atomic mass is 9.96. The van der Waals surface area contributed by atoms with E-state index in [-0.39, 0.29) is 18.2 Å². The molecular weight excluding hydrogens is 360 g/mol. The summed E-state index contributed by atoms with van der Waals surface area (Å²) in [6.45, 7) is 2.87. The van der Waals surface area contributed by atoms with Crippen molar-refractivity contribution in [3.05, 3.63) is 51.6 Å². The van der Waals surface area contributed by atoms with E-state index < -0.39 is 11.6 Å². The lowest BCUT2D eigenvalue weighted by Gasteiger charge is -2.26. The molecule has 138 valence electrons. The molecule has 26 heavy (non-hydrogen) atoms. The van der Waals surface area contributed by atoms with Crippen LogP contribution in [-0.2, 0) is 28.9 Å². The zero-order valence-corrected chi connectivity index (χ0v) is 15.0. The highest BCUT2D eigenvalue weighted by atomic mass is 32.1. The van der Waals surface area contributed by atoms with E-state index in [0.29, 0.717) is 49.6 Å². The van der Waals surface area contributed by atoms with Gasteiger partial charge in [-0.05, 0) is 36.3 Å². The van der Waals surface area contributed by atoms with Gasteiger partial charge in [-0.2, -0.15) is 0 Å². The molecule has 2 aromatic rings. The Bertz CT molecular complexity index is 882. The molecule has 1 amide bonds. The molecule has 1 atom stereocenters. The molecule has 1 fully saturated rings. The van der Waals surface area contributed by atoms with Crippen molar-refractivity contribution in [1.29, 1.82) is 0 Å². The lowest BCUT2D eigenvalue weighted by molar-refractivity contribution is -0.134. The van der Waals surface area contributed by atoms with Crippen molar-refractivity contribution >= 4 is 18.1 Å². The number of nitrogens with one attached hydrogen (secondary N) is 1. The number of carbonyl (C=O) groups excluding carboxylic acids is 1. The minimum Gasteiger partial charge on any atom is -0.378 e. The number of halogens is 2. The van der Waals surface area contributed by atoms with Crippen LogP contribution in [0, 0.1) is 16.4 Å². The molecule has 1 aromatic carbocycles. The second-order valence-electron chi connectivity index (χ2n) is 6.74. The highest BCUT2D eigenvalue weighted by molar-refractivity contribution is 7.71. The minimum atomic E-state index is -0.579. The fourth-order valence-corrected chi connectivity index (χ4v) is 4.06. The van der Waals surface area contributed by atoms with Crippen molar-refractivity contribution in [1.82, 2.24) is 14.5 Å². The Balaban J connectivity index is 1.54. The number of benzene rings is 1. The highest BCUT2D eigenvalue weighted by Gasteiger charge is 2.29. The van der Waals surface area contributed by atoms with Gasteiger partial charge in [-0.3, -0.25) is 4.79 Å². The fraction of sp³-hybridized carbons (Fsp3) is 0.444. The Hall–Kier alpha value is -2.06. The Morgan fingerprint density at radius 1 is 1.23 bits per heavy atom. The molecule has 0 radical (unpaired) electrons. The van der Waals surface area contributed by atoms with Crippen LogP contribution in [0.2, 0.25) is 0 Å². The van der Waals surface area contributed by atoms with Crippen molar-refractivity contribution in [2.24, 2.45) is 0 Å². The van der Waals surface area contributed by atoms with Gasteiger partial charge >= 0.3 is 0 Å². The van der Waals surface area contributed by atoms with E-state index in [9.17, 15) is 13.6 Å². The summed E-state index contributed by atoms with van der Waals surface area (Å²) in [4.78, 5) is 17.4. The second-order valence-corrected chi connectivity index (χ2v) is 7.13. The third-order valence-electron chi connectivity index (χ3n) is 5.07. The monoisotopic (exact) mass is 379 g/mol. The van der Waals surface area contributed by atoms with Crippen LogP contribution in [0.15, 0.2) is 18.2 Å². The summed E-state index contributed by atoms with van der Waals surface area (Å²) in [5.74, 6) is -1.18. The number of fused-ring (bicyclic) bond motifs is 1. The molecule has 0 bridgehead atoms. The van der Waals surface area contributed by atoms with Gasteiger partial charge in [0.25, 0.3) is 0 Å². The quantitative estimate of drug-likeness (QED) is 0.834. The largest absolute Gasteiger partial charge is 0.378 e. The van der Waals surface area contributed by atoms with E-state index in [1.54, 1.807) is 4.90 Å². The van der Waals surface area contributed by atoms with E-state index in [2.05, 4.69) is 4.98 Å². The Kier molecular flexibility index (Phi) is 4.62. The van der Waals surface area contributed by atoms with Crippen LogP contribution in [0.4, 0.5) is 8.78 Å². The number of rotatable bonds is 3. The van der Waals surface area contributed by atoms with E-state index in [4.69, 9.17) is 17.0 Å². The lowest BCUT2D eigenvalue weighted by Crippen LogP contribution is -2.41. The van der Waals surface area contributed by atoms with Crippen LogP contribution in [0.3, 0.4) is 0 Å². The van der Waals surface area contributed by atoms with Gasteiger partial charge in [0, 0.05) is 43.0 Å². The van der Waals surface area contributed by atoms with Crippen LogP contribution >= 0.6 is 12.2 Å². The topological polar surface area (TPSA) is 50.3 Å². The number of hydrogen-bond acceptors (Lipinski definition) is 3. The number of morpholine rings is 1. The van der Waals surface area contributed by atoms with E-state index >= 15 is 0 Å². The van der Waals surface area contributed by atoms with Gasteiger partial charge in [0.1, 0.15) is 11.6 Å². The van der Waals surface area contributed by atoms with Gasteiger partial charge in [0.15, 0.2) is 4.77 Å². The normalized spacial score (nSPS) is 19.6. The molecule has 3 heterocycles. The molecule has 1 aromatic heterocycles. The molecule has 1 N–H and O–H groups in total. The number of H-pyrrole nitrogens is 1. The van der Waals surface area contributed by atoms with Gasteiger partial charge in [-0.15, -0.1) is 0 Å². The molecular formula is C18H19F2N3O2S. The van der Waals surface area contributed by atoms with Gasteiger partial charge in [0.2, 0.25) is 5.91 Å². The van der Waals surface area contributed by atoms with Crippen LogP contribution in [-0.4, -0.2) is 46.7 Å². The first kappa shape index (κ1) is 17.4. The van der Waals surface area contributed by atoms with Crippen LogP contribution in [0.25, 0.3) is 0 Å². The standard InChI is InChI=1S/C18H19F2N3O2S/c19-13-5-11(6-14(20)8-13)12-7-16-15(21-18(26)23(16)10-12)9-17(24)22-1-3-25-4-2-22/h5-6,8,12H,1-4,7,9-10H2,(H,21,26). The van der Waals surface area contributed by atoms with Crippen molar-refractivity contribution in [2.75, 3.05) is 26.3 Å². The number of nitrogens with zero attached hydrogens (tertiary/aromatic N) is 2. The Labute approximate surface area is 154 Å². The molecule has 2 aliphatic heterocycles. The van der Waals surface area contributed by atoms with E-state index in [1.165, 1.54) is 12.1 Å². The maximum Gasteiger partial charge on any atom is 0.228 e. The number of hydrogen-bond donors (Lipinski definition) is 1. The van der Waals surface area contributed by atoms with Crippen LogP contribution in [0.5, 0.6) is 0 Å². The summed E-state index contributed by atoms with van der Waals surface area (Å²) in [6, 6.07) is 3.61. The number of carbonyl (C=O) groups is 1. The molecule has 0 spiro atoms. The Morgan fingerprint density at radius 2 is 1.92 bits per heavy atom. The number of imidazole rings is 1. The number of aromatic nitrogens is 2. The molecule has 0 aliphatic carbocycles. The number of ether oxygens (including phenoxy) is 1. The van der Waals surface area contributed by atoms with Crippen molar-refractivity contribution in [3.63, 3.8) is 0 Å². The molecule has 4 rings (SSSR count). The molecule has 0 saturated carbocycles. The van der Waals surface area contributed by atoms with Gasteiger partial charge in [-0.1, -0.05) is 0 Å². The van der Waals surface area contributed by atoms with Crippen molar-refractivity contribution in [3.8, 4) is 0 Å². The van der Waals surface area contributed by atoms with Gasteiger partial charge < -0.3 is 19.2 Å². The predicted molar refractivity (Wildman–Crippen MR) is 93.5 cm³/mol. The summed E-state index contributed by atoms with van der Waals surface area (Å²) < 4.78 is 34.8. The van der Waals surface area contributed by atoms with E-state index in [0.717, 1.165) is 17.5 Å². The zero-order valence-electron chi connectivity index (χ0n) is 14.1. The second kappa shape index (κ2) is 6.92. The zero-order chi connectivity index (χ0) is 18.3. The highest BCUT2D eigenvalue weighted by Crippen LogP contribution is 2.32. The first-order valence-electron chi connectivity index (χ1n) is 8.63. The van der Waals surface area contributed by atoms with E-state index in [1.807, 2.05) is 4.57 Å². The first-order valence-corrected chi connectivity index (χ1v) is 9.04. The smallest absolute Gasteiger partial charge is 0.228 e. The molecule has 1 unspecified atom stereocenters. The van der Waals surface area contributed by atoms with Gasteiger partial charge in [-0.25, -0.2) is 8.78 Å². The van der Waals surface area contributed by atoms with Crippen molar-refractivity contribution < 1.29 is 18.3 Å². The summed E-state index contributed by atoms with van der Waals surface area (Å²) in [5.41, 5.74) is 2.36. The first-order chi connectivity index (χ1) is 12.5. The third-order valence-corrected chi connectivity index (χ3v) is 5.39. The third kappa shape index (κ3) is 3.31. The maximum atomic E-state index is 13.5. The summed E-state index contributed by atoms with van der Waals surface area (Å²) in [7, 11) is 0. The average Bonchev–Trinajstić information content (AvgIpc) is 3.17. The Morgan fingerprint density at radius 3 is 2.62 bits per heavy atom. The molecule has 2 aliphatic rings. The SMILES string of the molecule is O=C(Cc1[nH]c(=S)n2c1CC(c1cc(F)cc(F)c1)C2)N1CCOCC1. The summed E-state index contributed by atoms with van der Waals surface area (Å²) in [5, 5.41) is 0. The summed E-state index contributed by atoms with van der Waals surface area (Å²) >= 11 is 5.38. The van der Waals surface area contributed by atoms with Crippen molar-refractivity contribution in [2.45, 2.75) is 25.3 Å². The average molecular weight is 379 g/mol. The van der Waals surface area contributed by atoms with Crippen LogP contribution in [0.1, 0.15) is 22.9 Å². The maximum absolute atomic E-state index is 13.5. The van der Waals surface area contributed by atoms with Gasteiger partial charge in [0.05, 0.1) is 19.6 Å². The number of amides is 1.